The predicted molar refractivity (Wildman–Crippen MR) is 101 cm³/mol. The zero-order chi connectivity index (χ0) is 17.5. The van der Waals surface area contributed by atoms with Crippen LogP contribution in [-0.2, 0) is 11.2 Å². The van der Waals surface area contributed by atoms with Crippen LogP contribution in [0.2, 0.25) is 0 Å². The molecular formula is C20H21NO3S. The van der Waals surface area contributed by atoms with Crippen LogP contribution in [0.4, 0.5) is 0 Å². The Balaban J connectivity index is 1.43. The van der Waals surface area contributed by atoms with E-state index in [0.717, 1.165) is 34.5 Å². The molecule has 0 spiro atoms. The van der Waals surface area contributed by atoms with Gasteiger partial charge in [-0.2, -0.15) is 0 Å². The van der Waals surface area contributed by atoms with Gasteiger partial charge >= 0.3 is 0 Å². The highest BCUT2D eigenvalue weighted by atomic mass is 32.2. The number of methoxy groups -OCH3 is 1. The normalized spacial score (nSPS) is 10.8. The van der Waals surface area contributed by atoms with Crippen molar-refractivity contribution >= 4 is 28.6 Å². The molecule has 5 heteroatoms. The van der Waals surface area contributed by atoms with Crippen molar-refractivity contribution in [2.45, 2.75) is 17.7 Å². The fourth-order valence-corrected chi connectivity index (χ4v) is 3.44. The minimum Gasteiger partial charge on any atom is -0.497 e. The first-order valence-corrected chi connectivity index (χ1v) is 9.23. The fraction of sp³-hybridized carbons (Fsp3) is 0.250. The molecule has 130 valence electrons. The molecule has 0 saturated carbocycles. The topological polar surface area (TPSA) is 51.5 Å². The molecule has 0 radical (unpaired) electrons. The van der Waals surface area contributed by atoms with Crippen LogP contribution >= 0.6 is 11.8 Å². The summed E-state index contributed by atoms with van der Waals surface area (Å²) in [4.78, 5) is 13.4. The second-order valence-electron chi connectivity index (χ2n) is 5.66. The molecule has 1 amide bonds. The quantitative estimate of drug-likeness (QED) is 0.484. The molecule has 25 heavy (non-hydrogen) atoms. The summed E-state index contributed by atoms with van der Waals surface area (Å²) < 4.78 is 10.7. The molecule has 3 aromatic rings. The van der Waals surface area contributed by atoms with Gasteiger partial charge in [0, 0.05) is 28.5 Å². The van der Waals surface area contributed by atoms with Crippen molar-refractivity contribution in [3.8, 4) is 5.75 Å². The third-order valence-electron chi connectivity index (χ3n) is 3.87. The Labute approximate surface area is 151 Å². The molecule has 1 heterocycles. The van der Waals surface area contributed by atoms with Gasteiger partial charge in [-0.05, 0) is 36.4 Å². The number of thioether (sulfide) groups is 1. The van der Waals surface area contributed by atoms with E-state index in [1.165, 1.54) is 4.90 Å². The number of benzene rings is 2. The summed E-state index contributed by atoms with van der Waals surface area (Å²) in [6, 6.07) is 15.9. The third-order valence-corrected chi connectivity index (χ3v) is 4.97. The standard InChI is InChI=1S/C20H21NO3S/c1-23-16-8-9-18-15(14-24-19(18)13-16)12-20(22)21-10-5-11-25-17-6-3-2-4-7-17/h2-4,6-9,13-14H,5,10-12H2,1H3,(H,21,22). The van der Waals surface area contributed by atoms with Crippen molar-refractivity contribution in [1.29, 1.82) is 0 Å². The van der Waals surface area contributed by atoms with Crippen LogP contribution in [0, 0.1) is 0 Å². The number of amides is 1. The van der Waals surface area contributed by atoms with Gasteiger partial charge in [0.1, 0.15) is 11.3 Å². The minimum atomic E-state index is 0.0169. The molecule has 2 aromatic carbocycles. The Morgan fingerprint density at radius 3 is 2.84 bits per heavy atom. The maximum absolute atomic E-state index is 12.1. The zero-order valence-corrected chi connectivity index (χ0v) is 15.0. The van der Waals surface area contributed by atoms with Gasteiger partial charge in [0.2, 0.25) is 5.91 Å². The number of furan rings is 1. The second-order valence-corrected chi connectivity index (χ2v) is 6.83. The first kappa shape index (κ1) is 17.4. The maximum atomic E-state index is 12.1. The van der Waals surface area contributed by atoms with Gasteiger partial charge in [0.25, 0.3) is 0 Å². The number of hydrogen-bond donors (Lipinski definition) is 1. The summed E-state index contributed by atoms with van der Waals surface area (Å²) in [6.45, 7) is 0.683. The number of carbonyl (C=O) groups is 1. The van der Waals surface area contributed by atoms with Crippen molar-refractivity contribution in [3.63, 3.8) is 0 Å². The highest BCUT2D eigenvalue weighted by Gasteiger charge is 2.11. The number of nitrogens with one attached hydrogen (secondary N) is 1. The van der Waals surface area contributed by atoms with E-state index in [1.54, 1.807) is 25.1 Å². The monoisotopic (exact) mass is 355 g/mol. The van der Waals surface area contributed by atoms with Crippen molar-refractivity contribution in [3.05, 3.63) is 60.4 Å². The largest absolute Gasteiger partial charge is 0.497 e. The molecule has 0 aliphatic carbocycles. The SMILES string of the molecule is COc1ccc2c(CC(=O)NCCCSc3ccccc3)coc2c1. The summed E-state index contributed by atoms with van der Waals surface area (Å²) >= 11 is 1.80. The van der Waals surface area contributed by atoms with E-state index in [9.17, 15) is 4.79 Å². The van der Waals surface area contributed by atoms with Crippen LogP contribution in [0.1, 0.15) is 12.0 Å². The zero-order valence-electron chi connectivity index (χ0n) is 14.2. The first-order chi connectivity index (χ1) is 12.3. The Kier molecular flexibility index (Phi) is 6.01. The summed E-state index contributed by atoms with van der Waals surface area (Å²) in [5, 5.41) is 3.93. The lowest BCUT2D eigenvalue weighted by Gasteiger charge is -2.05. The van der Waals surface area contributed by atoms with Crippen molar-refractivity contribution in [2.75, 3.05) is 19.4 Å². The van der Waals surface area contributed by atoms with Crippen LogP contribution < -0.4 is 10.1 Å². The number of ether oxygens (including phenoxy) is 1. The van der Waals surface area contributed by atoms with E-state index in [4.69, 9.17) is 9.15 Å². The summed E-state index contributed by atoms with van der Waals surface area (Å²) in [6.07, 6.45) is 2.91. The lowest BCUT2D eigenvalue weighted by molar-refractivity contribution is -0.120. The van der Waals surface area contributed by atoms with E-state index < -0.39 is 0 Å². The molecule has 0 atom stereocenters. The van der Waals surface area contributed by atoms with Crippen LogP contribution in [0.3, 0.4) is 0 Å². The van der Waals surface area contributed by atoms with Gasteiger partial charge in [0.05, 0.1) is 19.8 Å². The van der Waals surface area contributed by atoms with Gasteiger partial charge in [0.15, 0.2) is 0 Å². The van der Waals surface area contributed by atoms with Gasteiger partial charge in [-0.25, -0.2) is 0 Å². The average molecular weight is 355 g/mol. The van der Waals surface area contributed by atoms with Crippen LogP contribution in [0.15, 0.2) is 64.1 Å². The van der Waals surface area contributed by atoms with Crippen LogP contribution in [0.25, 0.3) is 11.0 Å². The summed E-state index contributed by atoms with van der Waals surface area (Å²) in [5.41, 5.74) is 1.63. The number of hydrogen-bond acceptors (Lipinski definition) is 4. The Hall–Kier alpha value is -2.40. The predicted octanol–water partition coefficient (Wildman–Crippen LogP) is 4.28. The molecule has 0 saturated heterocycles. The molecule has 1 N–H and O–H groups in total. The van der Waals surface area contributed by atoms with Gasteiger partial charge in [-0.3, -0.25) is 4.79 Å². The lowest BCUT2D eigenvalue weighted by atomic mass is 10.1. The van der Waals surface area contributed by atoms with Crippen LogP contribution in [-0.4, -0.2) is 25.3 Å². The van der Waals surface area contributed by atoms with Crippen molar-refractivity contribution in [2.24, 2.45) is 0 Å². The number of carbonyl (C=O) groups excluding carboxylic acids is 1. The smallest absolute Gasteiger partial charge is 0.224 e. The van der Waals surface area contributed by atoms with E-state index in [0.29, 0.717) is 13.0 Å². The van der Waals surface area contributed by atoms with E-state index in [1.807, 2.05) is 36.4 Å². The van der Waals surface area contributed by atoms with E-state index >= 15 is 0 Å². The Morgan fingerprint density at radius 1 is 1.20 bits per heavy atom. The molecule has 3 rings (SSSR count). The molecule has 0 unspecified atom stereocenters. The molecule has 0 aliphatic heterocycles. The van der Waals surface area contributed by atoms with Crippen molar-refractivity contribution < 1.29 is 13.9 Å². The first-order valence-electron chi connectivity index (χ1n) is 8.25. The van der Waals surface area contributed by atoms with E-state index in [-0.39, 0.29) is 5.91 Å². The highest BCUT2D eigenvalue weighted by Crippen LogP contribution is 2.25. The molecule has 0 aliphatic rings. The van der Waals surface area contributed by atoms with Gasteiger partial charge < -0.3 is 14.5 Å². The molecule has 0 bridgehead atoms. The maximum Gasteiger partial charge on any atom is 0.224 e. The summed E-state index contributed by atoms with van der Waals surface area (Å²) in [7, 11) is 1.62. The molecule has 1 aromatic heterocycles. The fourth-order valence-electron chi connectivity index (χ4n) is 2.57. The number of fused-ring (bicyclic) bond motifs is 1. The van der Waals surface area contributed by atoms with Crippen molar-refractivity contribution in [1.82, 2.24) is 5.32 Å². The molecule has 0 fully saturated rings. The lowest BCUT2D eigenvalue weighted by Crippen LogP contribution is -2.26. The Morgan fingerprint density at radius 2 is 2.04 bits per heavy atom. The third kappa shape index (κ3) is 4.79. The van der Waals surface area contributed by atoms with Crippen LogP contribution in [0.5, 0.6) is 5.75 Å². The second kappa shape index (κ2) is 8.62. The number of rotatable bonds is 8. The highest BCUT2D eigenvalue weighted by molar-refractivity contribution is 7.99. The molecule has 4 nitrogen and oxygen atoms in total. The van der Waals surface area contributed by atoms with E-state index in [2.05, 4.69) is 17.4 Å². The minimum absolute atomic E-state index is 0.0169. The van der Waals surface area contributed by atoms with Gasteiger partial charge in [-0.1, -0.05) is 18.2 Å². The Bertz CT molecular complexity index is 829. The summed E-state index contributed by atoms with van der Waals surface area (Å²) in [5.74, 6) is 1.75. The van der Waals surface area contributed by atoms with Gasteiger partial charge in [-0.15, -0.1) is 11.8 Å². The molecular weight excluding hydrogens is 334 g/mol. The average Bonchev–Trinajstić information content (AvgIpc) is 3.04.